The normalized spacial score (nSPS) is 13.6. The third-order valence-electron chi connectivity index (χ3n) is 2.73. The van der Waals surface area contributed by atoms with Crippen LogP contribution in [0.4, 0.5) is 9.59 Å². The molecule has 2 amide bonds. The van der Waals surface area contributed by atoms with Gasteiger partial charge in [0.15, 0.2) is 0 Å². The van der Waals surface area contributed by atoms with Crippen LogP contribution in [0.5, 0.6) is 0 Å². The zero-order chi connectivity index (χ0) is 20.9. The molecule has 0 saturated carbocycles. The van der Waals surface area contributed by atoms with Crippen LogP contribution in [0.25, 0.3) is 0 Å². The molecule has 0 aromatic rings. The minimum atomic E-state index is -1.12. The number of hydrogen-bond donors (Lipinski definition) is 0. The minimum absolute atomic E-state index is 0.243. The standard InChI is InChI=1S/C19H35NO6/c1-11-12-13(14(21)24-17(2,3)4)20(15(22)25-18(5,6)7)16(23)26-19(8,9)10/h13H,11-12H2,1-10H3/t13-/m0/s1. The predicted molar refractivity (Wildman–Crippen MR) is 98.8 cm³/mol. The molecule has 26 heavy (non-hydrogen) atoms. The molecule has 0 unspecified atom stereocenters. The van der Waals surface area contributed by atoms with Crippen molar-refractivity contribution in [1.82, 2.24) is 4.90 Å². The molecule has 0 heterocycles. The summed E-state index contributed by atoms with van der Waals surface area (Å²) in [6.07, 6.45) is -1.06. The van der Waals surface area contributed by atoms with Crippen LogP contribution >= 0.6 is 0 Å². The van der Waals surface area contributed by atoms with E-state index in [0.29, 0.717) is 6.42 Å². The molecule has 152 valence electrons. The van der Waals surface area contributed by atoms with Gasteiger partial charge in [-0.3, -0.25) is 0 Å². The smallest absolute Gasteiger partial charge is 0.420 e. The topological polar surface area (TPSA) is 82.1 Å². The molecule has 7 heteroatoms. The molecule has 0 bridgehead atoms. The monoisotopic (exact) mass is 373 g/mol. The van der Waals surface area contributed by atoms with Crippen molar-refractivity contribution in [2.75, 3.05) is 0 Å². The molecular weight excluding hydrogens is 338 g/mol. The highest BCUT2D eigenvalue weighted by molar-refractivity contribution is 5.94. The summed E-state index contributed by atoms with van der Waals surface area (Å²) >= 11 is 0. The summed E-state index contributed by atoms with van der Waals surface area (Å²) in [5.74, 6) is -0.670. The number of rotatable bonds is 4. The number of hydrogen-bond acceptors (Lipinski definition) is 6. The molecule has 0 spiro atoms. The van der Waals surface area contributed by atoms with Gasteiger partial charge in [0.25, 0.3) is 0 Å². The second kappa shape index (κ2) is 8.73. The van der Waals surface area contributed by atoms with E-state index < -0.39 is 41.0 Å². The second-order valence-corrected chi connectivity index (χ2v) is 9.17. The molecule has 0 saturated heterocycles. The molecule has 0 aliphatic rings. The Kier molecular flexibility index (Phi) is 8.13. The zero-order valence-corrected chi connectivity index (χ0v) is 17.9. The number of carbonyl (C=O) groups is 3. The van der Waals surface area contributed by atoms with Crippen LogP contribution in [0.15, 0.2) is 0 Å². The maximum Gasteiger partial charge on any atom is 0.420 e. The summed E-state index contributed by atoms with van der Waals surface area (Å²) in [5, 5.41) is 0. The summed E-state index contributed by atoms with van der Waals surface area (Å²) in [6.45, 7) is 17.1. The fourth-order valence-electron chi connectivity index (χ4n) is 1.95. The summed E-state index contributed by atoms with van der Waals surface area (Å²) in [6, 6.07) is -1.12. The van der Waals surface area contributed by atoms with Gasteiger partial charge in [0.1, 0.15) is 22.8 Å². The number of carbonyl (C=O) groups excluding carboxylic acids is 3. The fourth-order valence-corrected chi connectivity index (χ4v) is 1.95. The predicted octanol–water partition coefficient (Wildman–Crippen LogP) is 4.67. The average molecular weight is 373 g/mol. The zero-order valence-electron chi connectivity index (χ0n) is 17.9. The number of esters is 1. The molecule has 0 aromatic carbocycles. The van der Waals surface area contributed by atoms with Crippen molar-refractivity contribution in [2.24, 2.45) is 0 Å². The van der Waals surface area contributed by atoms with Crippen molar-refractivity contribution in [1.29, 1.82) is 0 Å². The van der Waals surface area contributed by atoms with Gasteiger partial charge >= 0.3 is 18.2 Å². The third kappa shape index (κ3) is 9.63. The highest BCUT2D eigenvalue weighted by Crippen LogP contribution is 2.21. The van der Waals surface area contributed by atoms with Crippen molar-refractivity contribution >= 4 is 18.2 Å². The lowest BCUT2D eigenvalue weighted by atomic mass is 10.1. The summed E-state index contributed by atoms with van der Waals surface area (Å²) in [5.41, 5.74) is -2.42. The Morgan fingerprint density at radius 1 is 0.731 bits per heavy atom. The van der Waals surface area contributed by atoms with Gasteiger partial charge in [-0.1, -0.05) is 13.3 Å². The van der Waals surface area contributed by atoms with E-state index in [1.165, 1.54) is 0 Å². The lowest BCUT2D eigenvalue weighted by Crippen LogP contribution is -2.53. The first kappa shape index (κ1) is 24.2. The quantitative estimate of drug-likeness (QED) is 0.526. The molecule has 0 radical (unpaired) electrons. The van der Waals surface area contributed by atoms with Gasteiger partial charge in [-0.2, -0.15) is 4.90 Å². The molecule has 0 fully saturated rings. The van der Waals surface area contributed by atoms with E-state index in [1.54, 1.807) is 62.3 Å². The van der Waals surface area contributed by atoms with Crippen molar-refractivity contribution in [3.05, 3.63) is 0 Å². The molecular formula is C19H35NO6. The van der Waals surface area contributed by atoms with Crippen molar-refractivity contribution < 1.29 is 28.6 Å². The van der Waals surface area contributed by atoms with E-state index in [1.807, 2.05) is 6.92 Å². The first-order valence-corrected chi connectivity index (χ1v) is 8.95. The molecule has 0 aliphatic carbocycles. The third-order valence-corrected chi connectivity index (χ3v) is 2.73. The molecule has 1 atom stereocenters. The number of nitrogens with zero attached hydrogens (tertiary/aromatic N) is 1. The van der Waals surface area contributed by atoms with E-state index in [9.17, 15) is 14.4 Å². The maximum atomic E-state index is 12.7. The summed E-state index contributed by atoms with van der Waals surface area (Å²) in [7, 11) is 0. The second-order valence-electron chi connectivity index (χ2n) is 9.17. The lowest BCUT2D eigenvalue weighted by Gasteiger charge is -2.33. The van der Waals surface area contributed by atoms with Gasteiger partial charge in [-0.15, -0.1) is 0 Å². The highest BCUT2D eigenvalue weighted by atomic mass is 16.6. The Labute approximate surface area is 157 Å². The highest BCUT2D eigenvalue weighted by Gasteiger charge is 2.41. The van der Waals surface area contributed by atoms with Gasteiger partial charge in [0.05, 0.1) is 0 Å². The summed E-state index contributed by atoms with van der Waals surface area (Å²) < 4.78 is 16.0. The lowest BCUT2D eigenvalue weighted by molar-refractivity contribution is -0.161. The fraction of sp³-hybridized carbons (Fsp3) is 0.842. The van der Waals surface area contributed by atoms with E-state index >= 15 is 0 Å². The first-order chi connectivity index (χ1) is 11.5. The van der Waals surface area contributed by atoms with Gasteiger partial charge < -0.3 is 14.2 Å². The first-order valence-electron chi connectivity index (χ1n) is 8.95. The van der Waals surface area contributed by atoms with Crippen LogP contribution in [-0.4, -0.2) is 45.9 Å². The molecule has 7 nitrogen and oxygen atoms in total. The minimum Gasteiger partial charge on any atom is -0.458 e. The van der Waals surface area contributed by atoms with Crippen LogP contribution in [0.1, 0.15) is 82.1 Å². The number of ether oxygens (including phenoxy) is 3. The molecule has 0 rings (SSSR count). The Balaban J connectivity index is 5.83. The van der Waals surface area contributed by atoms with Crippen molar-refractivity contribution in [3.8, 4) is 0 Å². The average Bonchev–Trinajstić information content (AvgIpc) is 2.31. The Hall–Kier alpha value is -1.79. The van der Waals surface area contributed by atoms with Crippen molar-refractivity contribution in [2.45, 2.75) is 105 Å². The molecule has 0 N–H and O–H groups in total. The number of imide groups is 1. The SMILES string of the molecule is CCC[C@@H](C(=O)OC(C)(C)C)N(C(=O)OC(C)(C)C)C(=O)OC(C)(C)C. The van der Waals surface area contributed by atoms with Gasteiger partial charge in [0, 0.05) is 0 Å². The maximum absolute atomic E-state index is 12.7. The van der Waals surface area contributed by atoms with Crippen LogP contribution in [0.3, 0.4) is 0 Å². The van der Waals surface area contributed by atoms with Gasteiger partial charge in [-0.05, 0) is 68.7 Å². The van der Waals surface area contributed by atoms with Gasteiger partial charge in [-0.25, -0.2) is 14.4 Å². The van der Waals surface area contributed by atoms with Crippen LogP contribution < -0.4 is 0 Å². The van der Waals surface area contributed by atoms with Crippen molar-refractivity contribution in [3.63, 3.8) is 0 Å². The Bertz CT molecular complexity index is 480. The molecule has 0 aliphatic heterocycles. The van der Waals surface area contributed by atoms with Crippen LogP contribution in [-0.2, 0) is 19.0 Å². The number of amides is 2. The largest absolute Gasteiger partial charge is 0.458 e. The van der Waals surface area contributed by atoms with Gasteiger partial charge in [0.2, 0.25) is 0 Å². The Morgan fingerprint density at radius 3 is 1.35 bits per heavy atom. The summed E-state index contributed by atoms with van der Waals surface area (Å²) in [4.78, 5) is 38.7. The molecule has 0 aromatic heterocycles. The Morgan fingerprint density at radius 2 is 1.08 bits per heavy atom. The van der Waals surface area contributed by atoms with Crippen LogP contribution in [0.2, 0.25) is 0 Å². The van der Waals surface area contributed by atoms with E-state index in [-0.39, 0.29) is 6.42 Å². The van der Waals surface area contributed by atoms with E-state index in [4.69, 9.17) is 14.2 Å². The van der Waals surface area contributed by atoms with Crippen LogP contribution in [0, 0.1) is 0 Å². The van der Waals surface area contributed by atoms with E-state index in [2.05, 4.69) is 0 Å². The van der Waals surface area contributed by atoms with E-state index in [0.717, 1.165) is 4.90 Å².